The van der Waals surface area contributed by atoms with Crippen molar-refractivity contribution in [3.8, 4) is 0 Å². The Morgan fingerprint density at radius 1 is 1.29 bits per heavy atom. The van der Waals surface area contributed by atoms with E-state index >= 15 is 0 Å². The summed E-state index contributed by atoms with van der Waals surface area (Å²) < 4.78 is 43.6. The van der Waals surface area contributed by atoms with Gasteiger partial charge in [0.2, 0.25) is 0 Å². The molecule has 1 aliphatic rings. The fourth-order valence-electron chi connectivity index (χ4n) is 1.82. The summed E-state index contributed by atoms with van der Waals surface area (Å²) in [6, 6.07) is 0.946. The topological polar surface area (TPSA) is 51.4 Å². The van der Waals surface area contributed by atoms with Gasteiger partial charge in [-0.15, -0.1) is 0 Å². The van der Waals surface area contributed by atoms with Crippen molar-refractivity contribution >= 4 is 11.5 Å². The highest BCUT2D eigenvalue weighted by atomic mass is 19.4. The van der Waals surface area contributed by atoms with Gasteiger partial charge in [-0.3, -0.25) is 0 Å². The van der Waals surface area contributed by atoms with Crippen molar-refractivity contribution in [1.82, 2.24) is 4.98 Å². The Labute approximate surface area is 96.2 Å². The minimum Gasteiger partial charge on any atom is -0.382 e. The maximum atomic E-state index is 12.8. The zero-order valence-corrected chi connectivity index (χ0v) is 9.00. The van der Waals surface area contributed by atoms with E-state index in [9.17, 15) is 13.2 Å². The molecular weight excluding hydrogens is 235 g/mol. The van der Waals surface area contributed by atoms with E-state index in [1.807, 2.05) is 0 Å². The van der Waals surface area contributed by atoms with Crippen molar-refractivity contribution in [2.24, 2.45) is 0 Å². The van der Waals surface area contributed by atoms with Gasteiger partial charge in [-0.25, -0.2) is 4.98 Å². The van der Waals surface area contributed by atoms with Crippen molar-refractivity contribution in [1.29, 1.82) is 0 Å². The van der Waals surface area contributed by atoms with Crippen molar-refractivity contribution in [2.45, 2.75) is 6.18 Å². The molecule has 0 amide bonds. The molecule has 94 valence electrons. The molecule has 0 atom stereocenters. The predicted octanol–water partition coefficient (Wildman–Crippen LogP) is 1.52. The summed E-state index contributed by atoms with van der Waals surface area (Å²) in [5.74, 6) is -0.0956. The van der Waals surface area contributed by atoms with Gasteiger partial charge in [0.15, 0.2) is 0 Å². The van der Waals surface area contributed by atoms with Crippen LogP contribution in [0.2, 0.25) is 0 Å². The predicted molar refractivity (Wildman–Crippen MR) is 56.7 cm³/mol. The molecule has 1 aliphatic heterocycles. The van der Waals surface area contributed by atoms with E-state index in [4.69, 9.17) is 10.5 Å². The molecule has 1 fully saturated rings. The van der Waals surface area contributed by atoms with E-state index in [-0.39, 0.29) is 11.5 Å². The van der Waals surface area contributed by atoms with Gasteiger partial charge in [-0.1, -0.05) is 0 Å². The number of hydrogen-bond acceptors (Lipinski definition) is 4. The fraction of sp³-hybridized carbons (Fsp3) is 0.500. The van der Waals surface area contributed by atoms with E-state index in [1.165, 1.54) is 0 Å². The molecule has 17 heavy (non-hydrogen) atoms. The molecule has 0 saturated carbocycles. The van der Waals surface area contributed by atoms with E-state index in [0.717, 1.165) is 12.3 Å². The van der Waals surface area contributed by atoms with Crippen LogP contribution in [0.1, 0.15) is 5.56 Å². The summed E-state index contributed by atoms with van der Waals surface area (Å²) in [5.41, 5.74) is 4.77. The van der Waals surface area contributed by atoms with Crippen LogP contribution in [0.3, 0.4) is 0 Å². The maximum Gasteiger partial charge on any atom is 0.418 e. The van der Waals surface area contributed by atoms with Gasteiger partial charge >= 0.3 is 6.18 Å². The quantitative estimate of drug-likeness (QED) is 0.817. The number of nitrogen functional groups attached to an aromatic ring is 1. The third-order valence-corrected chi connectivity index (χ3v) is 2.59. The lowest BCUT2D eigenvalue weighted by Crippen LogP contribution is -2.38. The van der Waals surface area contributed by atoms with Crippen LogP contribution < -0.4 is 10.6 Å². The van der Waals surface area contributed by atoms with Gasteiger partial charge in [0.05, 0.1) is 24.5 Å². The average Bonchev–Trinajstić information content (AvgIpc) is 2.28. The van der Waals surface area contributed by atoms with Gasteiger partial charge < -0.3 is 15.4 Å². The van der Waals surface area contributed by atoms with Gasteiger partial charge in [-0.2, -0.15) is 13.2 Å². The maximum absolute atomic E-state index is 12.8. The number of anilines is 2. The smallest absolute Gasteiger partial charge is 0.382 e. The monoisotopic (exact) mass is 247 g/mol. The number of rotatable bonds is 1. The second kappa shape index (κ2) is 4.40. The van der Waals surface area contributed by atoms with E-state index in [1.54, 1.807) is 4.90 Å². The van der Waals surface area contributed by atoms with Crippen LogP contribution >= 0.6 is 0 Å². The van der Waals surface area contributed by atoms with E-state index < -0.39 is 11.7 Å². The summed E-state index contributed by atoms with van der Waals surface area (Å²) in [5, 5.41) is 0. The van der Waals surface area contributed by atoms with Crippen LogP contribution in [0, 0.1) is 0 Å². The lowest BCUT2D eigenvalue weighted by atomic mass is 10.1. The molecule has 2 rings (SSSR count). The van der Waals surface area contributed by atoms with Crippen LogP contribution in [0.25, 0.3) is 0 Å². The Kier molecular flexibility index (Phi) is 3.10. The first-order chi connectivity index (χ1) is 8.00. The van der Waals surface area contributed by atoms with Crippen LogP contribution in [0.4, 0.5) is 24.7 Å². The van der Waals surface area contributed by atoms with Crippen molar-refractivity contribution in [3.05, 3.63) is 17.8 Å². The van der Waals surface area contributed by atoms with Crippen molar-refractivity contribution in [2.75, 3.05) is 36.9 Å². The molecule has 1 aromatic rings. The van der Waals surface area contributed by atoms with Crippen LogP contribution in [0.15, 0.2) is 12.3 Å². The number of aromatic nitrogens is 1. The minimum atomic E-state index is -4.43. The molecule has 7 heteroatoms. The molecular formula is C10H12F3N3O. The van der Waals surface area contributed by atoms with Crippen LogP contribution in [-0.2, 0) is 10.9 Å². The largest absolute Gasteiger partial charge is 0.418 e. The Morgan fingerprint density at radius 2 is 1.94 bits per heavy atom. The fourth-order valence-corrected chi connectivity index (χ4v) is 1.82. The molecule has 0 aliphatic carbocycles. The molecule has 1 saturated heterocycles. The number of morpholine rings is 1. The van der Waals surface area contributed by atoms with Crippen LogP contribution in [0.5, 0.6) is 0 Å². The number of nitrogens with zero attached hydrogens (tertiary/aromatic N) is 2. The molecule has 0 spiro atoms. The standard InChI is InChI=1S/C10H12F3N3O/c11-10(12,13)7-1-2-15-9(14)8(7)16-3-5-17-6-4-16/h1-2H,3-6H2,(H2,14,15). The first kappa shape index (κ1) is 12.0. The Hall–Kier alpha value is -1.50. The highest BCUT2D eigenvalue weighted by Crippen LogP contribution is 2.39. The Bertz CT molecular complexity index is 402. The summed E-state index contributed by atoms with van der Waals surface area (Å²) in [7, 11) is 0. The number of hydrogen-bond donors (Lipinski definition) is 1. The third-order valence-electron chi connectivity index (χ3n) is 2.59. The minimum absolute atomic E-state index is 0.0386. The highest BCUT2D eigenvalue weighted by Gasteiger charge is 2.36. The molecule has 0 radical (unpaired) electrons. The molecule has 1 aromatic heterocycles. The summed E-state index contributed by atoms with van der Waals surface area (Å²) >= 11 is 0. The summed E-state index contributed by atoms with van der Waals surface area (Å²) in [6.07, 6.45) is -3.35. The Morgan fingerprint density at radius 3 is 2.53 bits per heavy atom. The van der Waals surface area contributed by atoms with Crippen LogP contribution in [-0.4, -0.2) is 31.3 Å². The molecule has 0 aromatic carbocycles. The number of pyridine rings is 1. The third kappa shape index (κ3) is 2.44. The lowest BCUT2D eigenvalue weighted by Gasteiger charge is -2.31. The van der Waals surface area contributed by atoms with Gasteiger partial charge in [-0.05, 0) is 6.07 Å². The SMILES string of the molecule is Nc1nccc(C(F)(F)F)c1N1CCOCC1. The number of halogens is 3. The zero-order chi connectivity index (χ0) is 12.5. The first-order valence-electron chi connectivity index (χ1n) is 5.14. The van der Waals surface area contributed by atoms with E-state index in [0.29, 0.717) is 26.3 Å². The first-order valence-corrected chi connectivity index (χ1v) is 5.14. The van der Waals surface area contributed by atoms with Crippen molar-refractivity contribution in [3.63, 3.8) is 0 Å². The molecule has 0 bridgehead atoms. The van der Waals surface area contributed by atoms with Gasteiger partial charge in [0, 0.05) is 19.3 Å². The molecule has 0 unspecified atom stereocenters. The average molecular weight is 247 g/mol. The zero-order valence-electron chi connectivity index (χ0n) is 9.00. The van der Waals surface area contributed by atoms with Gasteiger partial charge in [0.1, 0.15) is 5.82 Å². The lowest BCUT2D eigenvalue weighted by molar-refractivity contribution is -0.137. The molecule has 2 N–H and O–H groups in total. The second-order valence-electron chi connectivity index (χ2n) is 3.69. The molecule has 2 heterocycles. The van der Waals surface area contributed by atoms with Gasteiger partial charge in [0.25, 0.3) is 0 Å². The Balaban J connectivity index is 2.43. The number of nitrogens with two attached hydrogens (primary N) is 1. The van der Waals surface area contributed by atoms with Crippen molar-refractivity contribution < 1.29 is 17.9 Å². The summed E-state index contributed by atoms with van der Waals surface area (Å²) in [6.45, 7) is 1.56. The highest BCUT2D eigenvalue weighted by molar-refractivity contribution is 5.68. The number of ether oxygens (including phenoxy) is 1. The summed E-state index contributed by atoms with van der Waals surface area (Å²) in [4.78, 5) is 5.29. The molecule has 4 nitrogen and oxygen atoms in total. The number of alkyl halides is 3. The second-order valence-corrected chi connectivity index (χ2v) is 3.69. The normalized spacial score (nSPS) is 17.2. The van der Waals surface area contributed by atoms with E-state index in [2.05, 4.69) is 4.98 Å².